The van der Waals surface area contributed by atoms with Crippen LogP contribution in [0.4, 0.5) is 5.69 Å². The lowest BCUT2D eigenvalue weighted by molar-refractivity contribution is 0.103. The number of nitrogens with one attached hydrogen (secondary N) is 1. The average molecular weight is 382 g/mol. The van der Waals surface area contributed by atoms with Gasteiger partial charge in [0.2, 0.25) is 5.78 Å². The van der Waals surface area contributed by atoms with Gasteiger partial charge in [0.1, 0.15) is 0 Å². The molecule has 7 heteroatoms. The van der Waals surface area contributed by atoms with Crippen LogP contribution in [0.1, 0.15) is 16.1 Å². The number of thiazole rings is 1. The lowest BCUT2D eigenvalue weighted by atomic mass is 10.2. The summed E-state index contributed by atoms with van der Waals surface area (Å²) < 4.78 is 11.5. The fourth-order valence-electron chi connectivity index (χ4n) is 2.89. The van der Waals surface area contributed by atoms with Gasteiger partial charge in [-0.1, -0.05) is 12.1 Å². The smallest absolute Gasteiger partial charge is 0.266 e. The number of ether oxygens (including phenoxy) is 1. The van der Waals surface area contributed by atoms with E-state index in [0.717, 1.165) is 37.6 Å². The van der Waals surface area contributed by atoms with E-state index in [1.54, 1.807) is 12.1 Å². The van der Waals surface area contributed by atoms with Gasteiger partial charge < -0.3 is 19.0 Å². The highest BCUT2D eigenvalue weighted by atomic mass is 32.1. The van der Waals surface area contributed by atoms with Gasteiger partial charge in [-0.3, -0.25) is 9.59 Å². The van der Waals surface area contributed by atoms with Crippen molar-refractivity contribution in [2.75, 3.05) is 31.2 Å². The Hall–Kier alpha value is -2.90. The fourth-order valence-corrected chi connectivity index (χ4v) is 3.77. The molecular weight excluding hydrogens is 364 g/mol. The summed E-state index contributed by atoms with van der Waals surface area (Å²) in [5.41, 5.74) is 1.87. The van der Waals surface area contributed by atoms with E-state index in [2.05, 4.69) is 9.88 Å². The number of furan rings is 1. The molecule has 0 radical (unpaired) electrons. The second-order valence-electron chi connectivity index (χ2n) is 6.11. The van der Waals surface area contributed by atoms with Crippen LogP contribution in [0.5, 0.6) is 0 Å². The van der Waals surface area contributed by atoms with Gasteiger partial charge >= 0.3 is 0 Å². The summed E-state index contributed by atoms with van der Waals surface area (Å²) in [6, 6.07) is 11.3. The van der Waals surface area contributed by atoms with Crippen LogP contribution < -0.4 is 19.7 Å². The van der Waals surface area contributed by atoms with Crippen LogP contribution in [-0.4, -0.2) is 37.1 Å². The summed E-state index contributed by atoms with van der Waals surface area (Å²) in [7, 11) is 0. The summed E-state index contributed by atoms with van der Waals surface area (Å²) in [5, 5.41) is 0. The Bertz CT molecular complexity index is 1090. The standard InChI is InChI=1S/C20H18N2O4S/c23-16(17-2-1-9-26-17)13-19-21-20(24)18(27-19)12-14-3-5-15(6-4-14)22-7-10-25-11-8-22/h1-6,9,12-13H,7-8,10-11H2,(H,21,24). The van der Waals surface area contributed by atoms with E-state index in [-0.39, 0.29) is 17.1 Å². The molecular formula is C20H18N2O4S. The topological polar surface area (TPSA) is 75.5 Å². The van der Waals surface area contributed by atoms with E-state index >= 15 is 0 Å². The first kappa shape index (κ1) is 17.5. The van der Waals surface area contributed by atoms with Crippen molar-refractivity contribution in [2.24, 2.45) is 0 Å². The predicted molar refractivity (Wildman–Crippen MR) is 105 cm³/mol. The van der Waals surface area contributed by atoms with Crippen LogP contribution in [0.3, 0.4) is 0 Å². The lowest BCUT2D eigenvalue weighted by Crippen LogP contribution is -2.36. The molecule has 138 valence electrons. The number of carbonyl (C=O) groups is 1. The van der Waals surface area contributed by atoms with E-state index in [1.807, 2.05) is 30.3 Å². The van der Waals surface area contributed by atoms with Crippen LogP contribution in [0.25, 0.3) is 12.2 Å². The zero-order chi connectivity index (χ0) is 18.6. The fraction of sp³-hybridized carbons (Fsp3) is 0.200. The molecule has 0 atom stereocenters. The van der Waals surface area contributed by atoms with Crippen molar-refractivity contribution in [3.63, 3.8) is 0 Å². The summed E-state index contributed by atoms with van der Waals surface area (Å²) in [6.07, 6.45) is 4.64. The minimum atomic E-state index is -0.279. The van der Waals surface area contributed by atoms with Crippen molar-refractivity contribution < 1.29 is 13.9 Å². The van der Waals surface area contributed by atoms with Crippen LogP contribution >= 0.6 is 11.3 Å². The summed E-state index contributed by atoms with van der Waals surface area (Å²) in [6.45, 7) is 3.26. The van der Waals surface area contributed by atoms with Crippen molar-refractivity contribution >= 4 is 35.0 Å². The van der Waals surface area contributed by atoms with Gasteiger partial charge in [-0.25, -0.2) is 0 Å². The number of anilines is 1. The molecule has 0 saturated carbocycles. The number of ketones is 1. The molecule has 3 heterocycles. The third-order valence-corrected chi connectivity index (χ3v) is 5.24. The van der Waals surface area contributed by atoms with Crippen LogP contribution in [0, 0.1) is 0 Å². The van der Waals surface area contributed by atoms with Crippen LogP contribution in [-0.2, 0) is 4.74 Å². The minimum absolute atomic E-state index is 0.212. The molecule has 1 saturated heterocycles. The molecule has 1 aromatic carbocycles. The van der Waals surface area contributed by atoms with E-state index in [1.165, 1.54) is 23.7 Å². The first-order chi connectivity index (χ1) is 13.2. The van der Waals surface area contributed by atoms with Gasteiger partial charge in [-0.05, 0) is 35.9 Å². The second-order valence-corrected chi connectivity index (χ2v) is 7.19. The molecule has 2 aromatic heterocycles. The molecule has 0 aliphatic carbocycles. The number of morpholine rings is 1. The first-order valence-electron chi connectivity index (χ1n) is 8.62. The van der Waals surface area contributed by atoms with Gasteiger partial charge in [0.15, 0.2) is 5.76 Å². The van der Waals surface area contributed by atoms with Gasteiger partial charge in [0.25, 0.3) is 5.56 Å². The summed E-state index contributed by atoms with van der Waals surface area (Å²) in [5.74, 6) is -0.0348. The third kappa shape index (κ3) is 4.10. The Morgan fingerprint density at radius 1 is 1.15 bits per heavy atom. The quantitative estimate of drug-likeness (QED) is 0.690. The number of H-pyrrole nitrogens is 1. The van der Waals surface area contributed by atoms with Crippen molar-refractivity contribution in [3.05, 3.63) is 73.5 Å². The Morgan fingerprint density at radius 3 is 2.63 bits per heavy atom. The molecule has 0 amide bonds. The van der Waals surface area contributed by atoms with Crippen LogP contribution in [0.15, 0.2) is 51.9 Å². The normalized spacial score (nSPS) is 16.1. The van der Waals surface area contributed by atoms with Gasteiger partial charge in [0, 0.05) is 24.9 Å². The third-order valence-electron chi connectivity index (χ3n) is 4.27. The summed E-state index contributed by atoms with van der Waals surface area (Å²) >= 11 is 1.24. The number of aromatic nitrogens is 1. The van der Waals surface area contributed by atoms with E-state index in [0.29, 0.717) is 9.20 Å². The Balaban J connectivity index is 1.58. The number of aromatic amines is 1. The first-order valence-corrected chi connectivity index (χ1v) is 9.44. The Kier molecular flexibility index (Phi) is 5.04. The molecule has 1 aliphatic heterocycles. The number of nitrogens with zero attached hydrogens (tertiary/aromatic N) is 1. The van der Waals surface area contributed by atoms with Gasteiger partial charge in [0.05, 0.1) is 28.7 Å². The second kappa shape index (κ2) is 7.77. The molecule has 4 rings (SSSR count). The number of hydrogen-bond donors (Lipinski definition) is 1. The monoisotopic (exact) mass is 382 g/mol. The van der Waals surface area contributed by atoms with Crippen LogP contribution in [0.2, 0.25) is 0 Å². The largest absolute Gasteiger partial charge is 0.461 e. The number of benzene rings is 1. The SMILES string of the molecule is O=C(C=c1[nH]c(=O)c(=Cc2ccc(N3CCOCC3)cc2)s1)c1ccco1. The minimum Gasteiger partial charge on any atom is -0.461 e. The zero-order valence-electron chi connectivity index (χ0n) is 14.5. The zero-order valence-corrected chi connectivity index (χ0v) is 15.3. The molecule has 0 unspecified atom stereocenters. The highest BCUT2D eigenvalue weighted by Gasteiger charge is 2.10. The van der Waals surface area contributed by atoms with E-state index in [4.69, 9.17) is 9.15 Å². The van der Waals surface area contributed by atoms with E-state index in [9.17, 15) is 9.59 Å². The van der Waals surface area contributed by atoms with E-state index < -0.39 is 0 Å². The highest BCUT2D eigenvalue weighted by Crippen LogP contribution is 2.16. The van der Waals surface area contributed by atoms with Crippen molar-refractivity contribution in [1.29, 1.82) is 0 Å². The van der Waals surface area contributed by atoms with Gasteiger partial charge in [-0.2, -0.15) is 0 Å². The van der Waals surface area contributed by atoms with Crippen molar-refractivity contribution in [3.8, 4) is 0 Å². The summed E-state index contributed by atoms with van der Waals surface area (Å²) in [4.78, 5) is 29.2. The number of Topliss-reactive ketones (excluding diaryl/α,β-unsaturated/α-hetero) is 1. The average Bonchev–Trinajstić information content (AvgIpc) is 3.34. The maximum atomic E-state index is 12.2. The number of carbonyl (C=O) groups excluding carboxylic acids is 1. The Labute approximate surface area is 159 Å². The number of hydrogen-bond acceptors (Lipinski definition) is 6. The van der Waals surface area contributed by atoms with Crippen molar-refractivity contribution in [1.82, 2.24) is 4.98 Å². The molecule has 1 aliphatic rings. The lowest BCUT2D eigenvalue weighted by Gasteiger charge is -2.28. The predicted octanol–water partition coefficient (Wildman–Crippen LogP) is 1.36. The van der Waals surface area contributed by atoms with Gasteiger partial charge in [-0.15, -0.1) is 11.3 Å². The molecule has 0 spiro atoms. The Morgan fingerprint density at radius 2 is 1.93 bits per heavy atom. The molecule has 1 N–H and O–H groups in total. The maximum Gasteiger partial charge on any atom is 0.266 e. The maximum absolute atomic E-state index is 12.2. The molecule has 0 bridgehead atoms. The van der Waals surface area contributed by atoms with Crippen molar-refractivity contribution in [2.45, 2.75) is 0 Å². The molecule has 27 heavy (non-hydrogen) atoms. The number of rotatable bonds is 4. The highest BCUT2D eigenvalue weighted by molar-refractivity contribution is 7.07. The molecule has 1 fully saturated rings. The molecule has 3 aromatic rings. The molecule has 6 nitrogen and oxygen atoms in total.